The van der Waals surface area contributed by atoms with E-state index in [1.165, 1.54) is 5.56 Å². The monoisotopic (exact) mass is 235 g/mol. The average molecular weight is 235 g/mol. The van der Waals surface area contributed by atoms with Crippen LogP contribution in [0.5, 0.6) is 0 Å². The molecule has 17 heavy (non-hydrogen) atoms. The molecule has 1 aromatic carbocycles. The van der Waals surface area contributed by atoms with E-state index in [-0.39, 0.29) is 0 Å². The Morgan fingerprint density at radius 2 is 2.00 bits per heavy atom. The molecule has 0 amide bonds. The molecule has 0 spiro atoms. The SMILES string of the molecule is CCC(C)(NCCCc1ccccc1)C(=O)O. The highest BCUT2D eigenvalue weighted by molar-refractivity contribution is 5.78. The highest BCUT2D eigenvalue weighted by Crippen LogP contribution is 2.09. The fourth-order valence-electron chi connectivity index (χ4n) is 1.65. The molecule has 3 heteroatoms. The van der Waals surface area contributed by atoms with E-state index in [9.17, 15) is 4.79 Å². The second-order valence-corrected chi connectivity index (χ2v) is 4.51. The molecule has 0 fully saturated rings. The van der Waals surface area contributed by atoms with Gasteiger partial charge in [-0.05, 0) is 38.3 Å². The molecule has 0 saturated heterocycles. The summed E-state index contributed by atoms with van der Waals surface area (Å²) in [4.78, 5) is 11.1. The maximum atomic E-state index is 11.1. The summed E-state index contributed by atoms with van der Waals surface area (Å²) in [7, 11) is 0. The number of nitrogens with one attached hydrogen (secondary N) is 1. The Morgan fingerprint density at radius 3 is 2.53 bits per heavy atom. The van der Waals surface area contributed by atoms with E-state index in [2.05, 4.69) is 17.4 Å². The van der Waals surface area contributed by atoms with Crippen molar-refractivity contribution in [1.29, 1.82) is 0 Å². The Kier molecular flexibility index (Phi) is 5.16. The van der Waals surface area contributed by atoms with Crippen molar-refractivity contribution in [3.8, 4) is 0 Å². The largest absolute Gasteiger partial charge is 0.480 e. The second kappa shape index (κ2) is 6.40. The molecular formula is C14H21NO2. The van der Waals surface area contributed by atoms with Crippen LogP contribution in [0.1, 0.15) is 32.3 Å². The van der Waals surface area contributed by atoms with Crippen molar-refractivity contribution in [2.45, 2.75) is 38.6 Å². The fourth-order valence-corrected chi connectivity index (χ4v) is 1.65. The molecular weight excluding hydrogens is 214 g/mol. The van der Waals surface area contributed by atoms with Crippen LogP contribution in [0, 0.1) is 0 Å². The molecule has 0 aromatic heterocycles. The van der Waals surface area contributed by atoms with Gasteiger partial charge in [0.15, 0.2) is 0 Å². The molecule has 0 aliphatic heterocycles. The number of carboxylic acid groups (broad SMARTS) is 1. The van der Waals surface area contributed by atoms with E-state index in [1.54, 1.807) is 6.92 Å². The third-order valence-electron chi connectivity index (χ3n) is 3.18. The molecule has 3 nitrogen and oxygen atoms in total. The highest BCUT2D eigenvalue weighted by Gasteiger charge is 2.29. The summed E-state index contributed by atoms with van der Waals surface area (Å²) in [6.45, 7) is 4.35. The van der Waals surface area contributed by atoms with E-state index >= 15 is 0 Å². The lowest BCUT2D eigenvalue weighted by Gasteiger charge is -2.24. The van der Waals surface area contributed by atoms with Crippen molar-refractivity contribution >= 4 is 5.97 Å². The first-order valence-electron chi connectivity index (χ1n) is 6.11. The number of benzene rings is 1. The van der Waals surface area contributed by atoms with E-state index in [0.29, 0.717) is 6.42 Å². The van der Waals surface area contributed by atoms with Gasteiger partial charge in [0.1, 0.15) is 5.54 Å². The maximum Gasteiger partial charge on any atom is 0.323 e. The van der Waals surface area contributed by atoms with Gasteiger partial charge in [-0.25, -0.2) is 0 Å². The normalized spacial score (nSPS) is 14.2. The Morgan fingerprint density at radius 1 is 1.35 bits per heavy atom. The molecule has 0 heterocycles. The van der Waals surface area contributed by atoms with Crippen LogP contribution in [0.3, 0.4) is 0 Å². The number of aliphatic carboxylic acids is 1. The Hall–Kier alpha value is -1.35. The van der Waals surface area contributed by atoms with Gasteiger partial charge in [-0.15, -0.1) is 0 Å². The molecule has 0 bridgehead atoms. The van der Waals surface area contributed by atoms with Crippen LogP contribution in [-0.4, -0.2) is 23.2 Å². The average Bonchev–Trinajstić information content (AvgIpc) is 2.35. The van der Waals surface area contributed by atoms with Crippen molar-refractivity contribution in [2.24, 2.45) is 0 Å². The van der Waals surface area contributed by atoms with Crippen LogP contribution in [0.4, 0.5) is 0 Å². The number of carboxylic acids is 1. The van der Waals surface area contributed by atoms with Crippen molar-refractivity contribution in [3.05, 3.63) is 35.9 Å². The van der Waals surface area contributed by atoms with Crippen LogP contribution >= 0.6 is 0 Å². The molecule has 0 saturated carbocycles. The number of hydrogen-bond acceptors (Lipinski definition) is 2. The van der Waals surface area contributed by atoms with E-state index in [1.807, 2.05) is 25.1 Å². The van der Waals surface area contributed by atoms with Crippen LogP contribution < -0.4 is 5.32 Å². The minimum absolute atomic E-state index is 0.591. The first-order valence-corrected chi connectivity index (χ1v) is 6.11. The first-order chi connectivity index (χ1) is 8.08. The quantitative estimate of drug-likeness (QED) is 0.714. The predicted octanol–water partition coefficient (Wildman–Crippen LogP) is 2.46. The number of carbonyl (C=O) groups is 1. The van der Waals surface area contributed by atoms with Gasteiger partial charge in [-0.1, -0.05) is 37.3 Å². The molecule has 1 atom stereocenters. The summed E-state index contributed by atoms with van der Waals surface area (Å²) in [6, 6.07) is 10.2. The zero-order valence-electron chi connectivity index (χ0n) is 10.6. The van der Waals surface area contributed by atoms with Crippen molar-refractivity contribution in [3.63, 3.8) is 0 Å². The van der Waals surface area contributed by atoms with Gasteiger partial charge in [0.05, 0.1) is 0 Å². The number of hydrogen-bond donors (Lipinski definition) is 2. The number of aryl methyl sites for hydroxylation is 1. The van der Waals surface area contributed by atoms with Gasteiger partial charge in [0.2, 0.25) is 0 Å². The lowest BCUT2D eigenvalue weighted by Crippen LogP contribution is -2.49. The van der Waals surface area contributed by atoms with E-state index in [0.717, 1.165) is 19.4 Å². The summed E-state index contributed by atoms with van der Waals surface area (Å²) in [5.74, 6) is -0.778. The standard InChI is InChI=1S/C14H21NO2/c1-3-14(2,13(16)17)15-11-7-10-12-8-5-4-6-9-12/h4-6,8-9,15H,3,7,10-11H2,1-2H3,(H,16,17). The maximum absolute atomic E-state index is 11.1. The van der Waals surface area contributed by atoms with Crippen molar-refractivity contribution in [1.82, 2.24) is 5.32 Å². The van der Waals surface area contributed by atoms with E-state index in [4.69, 9.17) is 5.11 Å². The van der Waals surface area contributed by atoms with Crippen LogP contribution in [-0.2, 0) is 11.2 Å². The van der Waals surface area contributed by atoms with Crippen molar-refractivity contribution < 1.29 is 9.90 Å². The third-order valence-corrected chi connectivity index (χ3v) is 3.18. The van der Waals surface area contributed by atoms with Gasteiger partial charge in [0.25, 0.3) is 0 Å². The molecule has 2 N–H and O–H groups in total. The van der Waals surface area contributed by atoms with Gasteiger partial charge >= 0.3 is 5.97 Å². The van der Waals surface area contributed by atoms with Gasteiger partial charge < -0.3 is 10.4 Å². The molecule has 1 rings (SSSR count). The molecule has 0 aliphatic rings. The highest BCUT2D eigenvalue weighted by atomic mass is 16.4. The Labute approximate surface area is 103 Å². The zero-order valence-corrected chi connectivity index (χ0v) is 10.6. The van der Waals surface area contributed by atoms with Gasteiger partial charge in [-0.3, -0.25) is 4.79 Å². The minimum atomic E-state index is -0.795. The molecule has 94 valence electrons. The van der Waals surface area contributed by atoms with Crippen LogP contribution in [0.25, 0.3) is 0 Å². The number of rotatable bonds is 7. The van der Waals surface area contributed by atoms with E-state index < -0.39 is 11.5 Å². The minimum Gasteiger partial charge on any atom is -0.480 e. The first kappa shape index (κ1) is 13.7. The summed E-state index contributed by atoms with van der Waals surface area (Å²) >= 11 is 0. The van der Waals surface area contributed by atoms with Crippen molar-refractivity contribution in [2.75, 3.05) is 6.54 Å². The smallest absolute Gasteiger partial charge is 0.323 e. The molecule has 0 radical (unpaired) electrons. The van der Waals surface area contributed by atoms with Crippen LogP contribution in [0.2, 0.25) is 0 Å². The molecule has 1 unspecified atom stereocenters. The molecule has 0 aliphatic carbocycles. The lowest BCUT2D eigenvalue weighted by atomic mass is 9.99. The second-order valence-electron chi connectivity index (χ2n) is 4.51. The lowest BCUT2D eigenvalue weighted by molar-refractivity contribution is -0.144. The zero-order chi connectivity index (χ0) is 12.7. The van der Waals surface area contributed by atoms with Crippen LogP contribution in [0.15, 0.2) is 30.3 Å². The Balaban J connectivity index is 2.31. The third kappa shape index (κ3) is 4.19. The molecule has 1 aromatic rings. The summed E-state index contributed by atoms with van der Waals surface area (Å²) in [5.41, 5.74) is 0.499. The summed E-state index contributed by atoms with van der Waals surface area (Å²) < 4.78 is 0. The van der Waals surface area contributed by atoms with Gasteiger partial charge in [-0.2, -0.15) is 0 Å². The fraction of sp³-hybridized carbons (Fsp3) is 0.500. The summed E-state index contributed by atoms with van der Waals surface area (Å²) in [5, 5.41) is 12.2. The van der Waals surface area contributed by atoms with Gasteiger partial charge in [0, 0.05) is 0 Å². The summed E-state index contributed by atoms with van der Waals surface area (Å²) in [6.07, 6.45) is 2.52. The topological polar surface area (TPSA) is 49.3 Å². The predicted molar refractivity (Wildman–Crippen MR) is 69.1 cm³/mol. The Bertz CT molecular complexity index is 350.